The number of sulfonamides is 1. The molecule has 0 atom stereocenters. The second-order valence-electron chi connectivity index (χ2n) is 7.44. The van der Waals surface area contributed by atoms with Crippen molar-refractivity contribution in [1.29, 1.82) is 0 Å². The lowest BCUT2D eigenvalue weighted by atomic mass is 9.96. The van der Waals surface area contributed by atoms with Gasteiger partial charge in [0.1, 0.15) is 0 Å². The van der Waals surface area contributed by atoms with Crippen LogP contribution in [0.4, 0.5) is 0 Å². The average molecular weight is 409 g/mol. The van der Waals surface area contributed by atoms with Gasteiger partial charge in [-0.3, -0.25) is 4.99 Å². The number of hydrogen-bond donors (Lipinski definition) is 2. The van der Waals surface area contributed by atoms with Crippen LogP contribution in [0.5, 0.6) is 0 Å². The molecule has 0 unspecified atom stereocenters. The average Bonchev–Trinajstić information content (AvgIpc) is 2.73. The van der Waals surface area contributed by atoms with Crippen molar-refractivity contribution in [1.82, 2.24) is 14.9 Å². The monoisotopic (exact) mass is 408 g/mol. The summed E-state index contributed by atoms with van der Waals surface area (Å²) in [5.41, 5.74) is 1.81. The summed E-state index contributed by atoms with van der Waals surface area (Å²) < 4.78 is 32.4. The third kappa shape index (κ3) is 5.93. The van der Waals surface area contributed by atoms with Crippen LogP contribution in [0.15, 0.2) is 29.3 Å². The molecule has 1 heterocycles. The van der Waals surface area contributed by atoms with Crippen LogP contribution >= 0.6 is 0 Å². The highest BCUT2D eigenvalue weighted by Gasteiger charge is 2.25. The van der Waals surface area contributed by atoms with Crippen LogP contribution in [-0.4, -0.2) is 58.1 Å². The van der Waals surface area contributed by atoms with Crippen molar-refractivity contribution in [3.8, 4) is 0 Å². The van der Waals surface area contributed by atoms with Gasteiger partial charge in [0, 0.05) is 32.7 Å². The van der Waals surface area contributed by atoms with Gasteiger partial charge in [-0.05, 0) is 24.0 Å². The summed E-state index contributed by atoms with van der Waals surface area (Å²) in [6.07, 6.45) is 6.19. The van der Waals surface area contributed by atoms with Gasteiger partial charge in [0.15, 0.2) is 5.96 Å². The normalized spacial score (nSPS) is 20.1. The van der Waals surface area contributed by atoms with Crippen molar-refractivity contribution < 1.29 is 13.2 Å². The minimum absolute atomic E-state index is 0.0134. The maximum Gasteiger partial charge on any atom is 0.218 e. The maximum absolute atomic E-state index is 12.8. The lowest BCUT2D eigenvalue weighted by Gasteiger charge is -2.27. The fraction of sp³-hybridized carbons (Fsp3) is 0.650. The Morgan fingerprint density at radius 1 is 1.14 bits per heavy atom. The van der Waals surface area contributed by atoms with Crippen LogP contribution in [0.25, 0.3) is 0 Å². The Labute approximate surface area is 168 Å². The van der Waals surface area contributed by atoms with Gasteiger partial charge in [-0.15, -0.1) is 0 Å². The molecule has 0 spiro atoms. The molecule has 2 fully saturated rings. The van der Waals surface area contributed by atoms with E-state index in [4.69, 9.17) is 4.74 Å². The fourth-order valence-corrected chi connectivity index (χ4v) is 5.36. The number of benzene rings is 1. The highest BCUT2D eigenvalue weighted by molar-refractivity contribution is 7.88. The van der Waals surface area contributed by atoms with E-state index < -0.39 is 10.0 Å². The smallest absolute Gasteiger partial charge is 0.218 e. The molecule has 1 aliphatic carbocycles. The number of morpholine rings is 1. The highest BCUT2D eigenvalue weighted by Crippen LogP contribution is 2.18. The summed E-state index contributed by atoms with van der Waals surface area (Å²) >= 11 is 0. The van der Waals surface area contributed by atoms with E-state index in [1.54, 1.807) is 7.05 Å². The first-order valence-electron chi connectivity index (χ1n) is 10.2. The Kier molecular flexibility index (Phi) is 7.70. The molecule has 2 aliphatic rings. The van der Waals surface area contributed by atoms with Gasteiger partial charge in [0.05, 0.1) is 19.0 Å². The lowest BCUT2D eigenvalue weighted by Crippen LogP contribution is -2.44. The van der Waals surface area contributed by atoms with Crippen molar-refractivity contribution in [2.75, 3.05) is 33.4 Å². The first-order chi connectivity index (χ1) is 13.6. The summed E-state index contributed by atoms with van der Waals surface area (Å²) in [6, 6.07) is 8.18. The molecule has 8 heteroatoms. The second-order valence-corrected chi connectivity index (χ2v) is 9.41. The molecule has 1 saturated carbocycles. The molecule has 7 nitrogen and oxygen atoms in total. The summed E-state index contributed by atoms with van der Waals surface area (Å²) in [7, 11) is -1.58. The first-order valence-corrected chi connectivity index (χ1v) is 11.8. The molecule has 3 rings (SSSR count). The predicted octanol–water partition coefficient (Wildman–Crippen LogP) is 1.85. The zero-order valence-corrected chi connectivity index (χ0v) is 17.5. The van der Waals surface area contributed by atoms with Crippen molar-refractivity contribution in [2.45, 2.75) is 50.4 Å². The molecule has 1 aromatic rings. The minimum atomic E-state index is -3.35. The van der Waals surface area contributed by atoms with Crippen LogP contribution in [0.3, 0.4) is 0 Å². The molecule has 28 heavy (non-hydrogen) atoms. The number of rotatable bonds is 6. The quantitative estimate of drug-likeness (QED) is 0.554. The topological polar surface area (TPSA) is 83.0 Å². The third-order valence-corrected chi connectivity index (χ3v) is 7.26. The van der Waals surface area contributed by atoms with Crippen LogP contribution in [0.2, 0.25) is 0 Å². The largest absolute Gasteiger partial charge is 0.379 e. The summed E-state index contributed by atoms with van der Waals surface area (Å²) in [5.74, 6) is 0.789. The molecule has 2 N–H and O–H groups in total. The minimum Gasteiger partial charge on any atom is -0.379 e. The zero-order valence-electron chi connectivity index (χ0n) is 16.7. The predicted molar refractivity (Wildman–Crippen MR) is 112 cm³/mol. The standard InChI is InChI=1S/C20H32N4O3S/c1-21-20(23-19-9-3-2-4-10-19)22-15-17-7-5-6-8-18(17)16-28(25,26)24-11-13-27-14-12-24/h5-8,19H,2-4,9-16H2,1H3,(H2,21,22,23). The van der Waals surface area contributed by atoms with Gasteiger partial charge in [-0.2, -0.15) is 4.31 Å². The number of hydrogen-bond acceptors (Lipinski definition) is 4. The van der Waals surface area contributed by atoms with E-state index in [2.05, 4.69) is 15.6 Å². The van der Waals surface area contributed by atoms with E-state index in [9.17, 15) is 8.42 Å². The summed E-state index contributed by atoms with van der Waals surface area (Å²) in [4.78, 5) is 4.33. The van der Waals surface area contributed by atoms with E-state index in [1.807, 2.05) is 24.3 Å². The van der Waals surface area contributed by atoms with Crippen LogP contribution < -0.4 is 10.6 Å². The molecule has 0 amide bonds. The van der Waals surface area contributed by atoms with E-state index in [0.717, 1.165) is 17.1 Å². The van der Waals surface area contributed by atoms with Crippen LogP contribution in [-0.2, 0) is 27.1 Å². The lowest BCUT2D eigenvalue weighted by molar-refractivity contribution is 0.0729. The molecule has 0 radical (unpaired) electrons. The summed E-state index contributed by atoms with van der Waals surface area (Å²) in [6.45, 7) is 2.33. The Morgan fingerprint density at radius 3 is 2.50 bits per heavy atom. The van der Waals surface area contributed by atoms with Crippen LogP contribution in [0, 0.1) is 0 Å². The van der Waals surface area contributed by atoms with Crippen LogP contribution in [0.1, 0.15) is 43.2 Å². The van der Waals surface area contributed by atoms with E-state index in [1.165, 1.54) is 36.4 Å². The maximum atomic E-state index is 12.8. The van der Waals surface area contributed by atoms with Gasteiger partial charge in [0.25, 0.3) is 0 Å². The Hall–Kier alpha value is -1.64. The van der Waals surface area contributed by atoms with E-state index >= 15 is 0 Å². The van der Waals surface area contributed by atoms with Gasteiger partial charge >= 0.3 is 0 Å². The fourth-order valence-electron chi connectivity index (χ4n) is 3.80. The first kappa shape index (κ1) is 21.1. The summed E-state index contributed by atoms with van der Waals surface area (Å²) in [5, 5.41) is 6.84. The van der Waals surface area contributed by atoms with E-state index in [0.29, 0.717) is 38.9 Å². The van der Waals surface area contributed by atoms with Crippen molar-refractivity contribution in [2.24, 2.45) is 4.99 Å². The van der Waals surface area contributed by atoms with Crippen molar-refractivity contribution in [3.63, 3.8) is 0 Å². The van der Waals surface area contributed by atoms with E-state index in [-0.39, 0.29) is 5.75 Å². The molecule has 1 saturated heterocycles. The van der Waals surface area contributed by atoms with Gasteiger partial charge in [-0.25, -0.2) is 8.42 Å². The third-order valence-electron chi connectivity index (χ3n) is 5.44. The number of guanidine groups is 1. The highest BCUT2D eigenvalue weighted by atomic mass is 32.2. The Bertz CT molecular complexity index is 754. The Morgan fingerprint density at radius 2 is 1.82 bits per heavy atom. The molecule has 1 aromatic carbocycles. The molecular formula is C20H32N4O3S. The number of nitrogens with one attached hydrogen (secondary N) is 2. The SMILES string of the molecule is CN=C(NCc1ccccc1CS(=O)(=O)N1CCOCC1)NC1CCCCC1. The zero-order chi connectivity index (χ0) is 19.8. The van der Waals surface area contributed by atoms with Crippen molar-refractivity contribution in [3.05, 3.63) is 35.4 Å². The Balaban J connectivity index is 1.61. The number of aliphatic imine (C=N–C) groups is 1. The second kappa shape index (κ2) is 10.2. The van der Waals surface area contributed by atoms with Gasteiger partial charge < -0.3 is 15.4 Å². The number of ether oxygens (including phenoxy) is 1. The molecule has 156 valence electrons. The van der Waals surface area contributed by atoms with Gasteiger partial charge in [0.2, 0.25) is 10.0 Å². The molecular weight excluding hydrogens is 376 g/mol. The molecule has 1 aliphatic heterocycles. The molecule has 0 aromatic heterocycles. The molecule has 0 bridgehead atoms. The van der Waals surface area contributed by atoms with Gasteiger partial charge in [-0.1, -0.05) is 43.5 Å². The van der Waals surface area contributed by atoms with Crippen molar-refractivity contribution >= 4 is 16.0 Å². The number of nitrogens with zero attached hydrogens (tertiary/aromatic N) is 2.